The van der Waals surface area contributed by atoms with Crippen LogP contribution in [0.15, 0.2) is 53.7 Å². The van der Waals surface area contributed by atoms with Crippen LogP contribution in [0.5, 0.6) is 0 Å². The summed E-state index contributed by atoms with van der Waals surface area (Å²) in [5, 5.41) is 11.4. The van der Waals surface area contributed by atoms with Crippen molar-refractivity contribution in [2.45, 2.75) is 19.0 Å². The molecular formula is C21H21N5O2S. The van der Waals surface area contributed by atoms with Gasteiger partial charge in [0.15, 0.2) is 0 Å². The molecule has 0 fully saturated rings. The number of thioether (sulfide) groups is 1. The molecule has 0 aliphatic carbocycles. The predicted molar refractivity (Wildman–Crippen MR) is 113 cm³/mol. The molecular weight excluding hydrogens is 386 g/mol. The molecule has 0 saturated heterocycles. The Morgan fingerprint density at radius 3 is 2.00 bits per heavy atom. The SMILES string of the molecule is Cc1ccc(-c2nnc(SCC(=O)NCC(N)=O)nc2-c2ccc(C)cc2)cc1. The zero-order valence-corrected chi connectivity index (χ0v) is 17.0. The first-order valence-electron chi connectivity index (χ1n) is 8.99. The lowest BCUT2D eigenvalue weighted by molar-refractivity contribution is -0.123. The number of nitrogens with one attached hydrogen (secondary N) is 1. The van der Waals surface area contributed by atoms with Crippen LogP contribution >= 0.6 is 11.8 Å². The fraction of sp³-hybridized carbons (Fsp3) is 0.190. The molecule has 148 valence electrons. The smallest absolute Gasteiger partial charge is 0.236 e. The summed E-state index contributed by atoms with van der Waals surface area (Å²) in [4.78, 5) is 27.2. The summed E-state index contributed by atoms with van der Waals surface area (Å²) in [5.74, 6) is -0.853. The van der Waals surface area contributed by atoms with Crippen molar-refractivity contribution in [2.24, 2.45) is 5.73 Å². The van der Waals surface area contributed by atoms with Crippen molar-refractivity contribution < 1.29 is 9.59 Å². The normalized spacial score (nSPS) is 10.6. The molecule has 3 N–H and O–H groups in total. The molecule has 3 rings (SSSR count). The Bertz CT molecular complexity index is 1020. The number of hydrogen-bond donors (Lipinski definition) is 2. The van der Waals surface area contributed by atoms with E-state index < -0.39 is 5.91 Å². The molecule has 3 aromatic rings. The van der Waals surface area contributed by atoms with Crippen LogP contribution < -0.4 is 11.1 Å². The van der Waals surface area contributed by atoms with E-state index in [1.807, 2.05) is 62.4 Å². The predicted octanol–water partition coefficient (Wildman–Crippen LogP) is 2.52. The molecule has 0 bridgehead atoms. The van der Waals surface area contributed by atoms with Gasteiger partial charge in [-0.2, -0.15) is 0 Å². The molecule has 0 atom stereocenters. The lowest BCUT2D eigenvalue weighted by Gasteiger charge is -2.10. The van der Waals surface area contributed by atoms with E-state index in [2.05, 4.69) is 20.5 Å². The minimum Gasteiger partial charge on any atom is -0.368 e. The van der Waals surface area contributed by atoms with Gasteiger partial charge in [-0.3, -0.25) is 9.59 Å². The number of rotatable bonds is 7. The number of carbonyl (C=O) groups excluding carboxylic acids is 2. The quantitative estimate of drug-likeness (QED) is 0.582. The van der Waals surface area contributed by atoms with E-state index in [1.165, 1.54) is 0 Å². The molecule has 1 heterocycles. The van der Waals surface area contributed by atoms with E-state index >= 15 is 0 Å². The largest absolute Gasteiger partial charge is 0.368 e. The summed E-state index contributed by atoms with van der Waals surface area (Å²) in [6.07, 6.45) is 0. The van der Waals surface area contributed by atoms with Crippen LogP contribution in [0, 0.1) is 13.8 Å². The summed E-state index contributed by atoms with van der Waals surface area (Å²) >= 11 is 1.15. The van der Waals surface area contributed by atoms with Gasteiger partial charge in [-0.25, -0.2) is 4.98 Å². The number of nitrogens with zero attached hydrogens (tertiary/aromatic N) is 3. The van der Waals surface area contributed by atoms with Crippen molar-refractivity contribution in [1.82, 2.24) is 20.5 Å². The van der Waals surface area contributed by atoms with Gasteiger partial charge >= 0.3 is 0 Å². The van der Waals surface area contributed by atoms with E-state index in [4.69, 9.17) is 5.73 Å². The Balaban J connectivity index is 1.89. The molecule has 0 aliphatic rings. The maximum Gasteiger partial charge on any atom is 0.236 e. The zero-order chi connectivity index (χ0) is 20.8. The molecule has 0 aliphatic heterocycles. The highest BCUT2D eigenvalue weighted by molar-refractivity contribution is 7.99. The van der Waals surface area contributed by atoms with Crippen molar-refractivity contribution in [1.29, 1.82) is 0 Å². The van der Waals surface area contributed by atoms with Gasteiger partial charge in [0.2, 0.25) is 17.0 Å². The third kappa shape index (κ3) is 5.61. The fourth-order valence-corrected chi connectivity index (χ4v) is 3.17. The molecule has 2 amide bonds. The second-order valence-electron chi connectivity index (χ2n) is 6.56. The minimum absolute atomic E-state index is 0.0617. The Hall–Kier alpha value is -3.26. The van der Waals surface area contributed by atoms with Crippen molar-refractivity contribution in [3.8, 4) is 22.5 Å². The van der Waals surface area contributed by atoms with Crippen molar-refractivity contribution in [3.05, 3.63) is 59.7 Å². The van der Waals surface area contributed by atoms with Crippen molar-refractivity contribution in [3.63, 3.8) is 0 Å². The van der Waals surface area contributed by atoms with Gasteiger partial charge in [0, 0.05) is 11.1 Å². The number of aryl methyl sites for hydroxylation is 2. The van der Waals surface area contributed by atoms with Crippen LogP contribution in [-0.2, 0) is 9.59 Å². The third-order valence-corrected chi connectivity index (χ3v) is 4.95. The fourth-order valence-electron chi connectivity index (χ4n) is 2.56. The Morgan fingerprint density at radius 1 is 0.897 bits per heavy atom. The van der Waals surface area contributed by atoms with Gasteiger partial charge in [0.05, 0.1) is 12.3 Å². The molecule has 7 nitrogen and oxygen atoms in total. The van der Waals surface area contributed by atoms with Crippen molar-refractivity contribution >= 4 is 23.6 Å². The monoisotopic (exact) mass is 407 g/mol. The summed E-state index contributed by atoms with van der Waals surface area (Å²) < 4.78 is 0. The molecule has 0 saturated carbocycles. The van der Waals surface area contributed by atoms with Crippen LogP contribution in [0.1, 0.15) is 11.1 Å². The topological polar surface area (TPSA) is 111 Å². The van der Waals surface area contributed by atoms with Gasteiger partial charge < -0.3 is 11.1 Å². The number of nitrogens with two attached hydrogens (primary N) is 1. The molecule has 0 radical (unpaired) electrons. The number of hydrogen-bond acceptors (Lipinski definition) is 6. The molecule has 0 spiro atoms. The summed E-state index contributed by atoms with van der Waals surface area (Å²) in [6.45, 7) is 3.85. The number of carbonyl (C=O) groups is 2. The number of primary amides is 1. The second kappa shape index (κ2) is 9.29. The molecule has 29 heavy (non-hydrogen) atoms. The minimum atomic E-state index is -0.592. The van der Waals surface area contributed by atoms with Crippen LogP contribution in [0.4, 0.5) is 0 Å². The molecule has 2 aromatic carbocycles. The number of benzene rings is 2. The molecule has 1 aromatic heterocycles. The highest BCUT2D eigenvalue weighted by atomic mass is 32.2. The van der Waals surface area contributed by atoms with E-state index in [-0.39, 0.29) is 18.2 Å². The van der Waals surface area contributed by atoms with Crippen molar-refractivity contribution in [2.75, 3.05) is 12.3 Å². The first-order valence-corrected chi connectivity index (χ1v) is 9.97. The maximum absolute atomic E-state index is 11.8. The Morgan fingerprint density at radius 2 is 1.45 bits per heavy atom. The average molecular weight is 407 g/mol. The lowest BCUT2D eigenvalue weighted by atomic mass is 10.0. The van der Waals surface area contributed by atoms with Crippen LogP contribution in [0.2, 0.25) is 0 Å². The first-order chi connectivity index (χ1) is 13.9. The summed E-state index contributed by atoms with van der Waals surface area (Å²) in [6, 6.07) is 16.0. The maximum atomic E-state index is 11.8. The highest BCUT2D eigenvalue weighted by Gasteiger charge is 2.15. The van der Waals surface area contributed by atoms with E-state index in [0.717, 1.165) is 34.0 Å². The third-order valence-electron chi connectivity index (χ3n) is 4.11. The van der Waals surface area contributed by atoms with E-state index in [0.29, 0.717) is 16.5 Å². The Labute approximate surface area is 173 Å². The summed E-state index contributed by atoms with van der Waals surface area (Å²) in [5.41, 5.74) is 10.5. The highest BCUT2D eigenvalue weighted by Crippen LogP contribution is 2.30. The van der Waals surface area contributed by atoms with Gasteiger partial charge in [-0.1, -0.05) is 71.4 Å². The number of amides is 2. The van der Waals surface area contributed by atoms with E-state index in [9.17, 15) is 9.59 Å². The standard InChI is InChI=1S/C21H21N5O2S/c1-13-3-7-15(8-4-13)19-20(16-9-5-14(2)6-10-16)25-26-21(24-19)29-12-18(28)23-11-17(22)27/h3-10H,11-12H2,1-2H3,(H2,22,27)(H,23,28). The Kier molecular flexibility index (Phi) is 6.56. The van der Waals surface area contributed by atoms with Crippen LogP contribution in [0.3, 0.4) is 0 Å². The average Bonchev–Trinajstić information content (AvgIpc) is 2.72. The van der Waals surface area contributed by atoms with Crippen LogP contribution in [0.25, 0.3) is 22.5 Å². The molecule has 8 heteroatoms. The van der Waals surface area contributed by atoms with Crippen LogP contribution in [-0.4, -0.2) is 39.3 Å². The summed E-state index contributed by atoms with van der Waals surface area (Å²) in [7, 11) is 0. The first kappa shape index (κ1) is 20.5. The van der Waals surface area contributed by atoms with E-state index in [1.54, 1.807) is 0 Å². The zero-order valence-electron chi connectivity index (χ0n) is 16.2. The van der Waals surface area contributed by atoms with Gasteiger partial charge in [-0.05, 0) is 13.8 Å². The van der Waals surface area contributed by atoms with Gasteiger partial charge in [0.25, 0.3) is 0 Å². The lowest BCUT2D eigenvalue weighted by Crippen LogP contribution is -2.34. The molecule has 0 unspecified atom stereocenters. The second-order valence-corrected chi connectivity index (χ2v) is 7.50. The van der Waals surface area contributed by atoms with Gasteiger partial charge in [0.1, 0.15) is 11.4 Å². The number of aromatic nitrogens is 3. The van der Waals surface area contributed by atoms with Gasteiger partial charge in [-0.15, -0.1) is 10.2 Å².